The lowest BCUT2D eigenvalue weighted by atomic mass is 10.2. The summed E-state index contributed by atoms with van der Waals surface area (Å²) >= 11 is 0. The molecule has 1 aromatic carbocycles. The Hall–Kier alpha value is -1.75. The van der Waals surface area contributed by atoms with Crippen molar-refractivity contribution in [2.45, 2.75) is 12.5 Å². The number of aliphatic hydroxyl groups excluding tert-OH is 1. The fraction of sp³-hybridized carbons (Fsp3) is 0.364. The van der Waals surface area contributed by atoms with Gasteiger partial charge in [0.2, 0.25) is 5.91 Å². The molecular formula is C11H13NO4. The number of nitrogens with zero attached hydrogens (tertiary/aromatic N) is 1. The molecule has 0 saturated carbocycles. The molecule has 1 amide bonds. The summed E-state index contributed by atoms with van der Waals surface area (Å²) in [6.45, 7) is 0.284. The number of amides is 1. The molecule has 5 heteroatoms. The fourth-order valence-electron chi connectivity index (χ4n) is 1.77. The third kappa shape index (κ3) is 1.81. The normalized spacial score (nSPS) is 20.2. The Bertz CT molecular complexity index is 418. The van der Waals surface area contributed by atoms with Gasteiger partial charge < -0.3 is 19.8 Å². The number of aliphatic hydroxyl groups is 1. The van der Waals surface area contributed by atoms with Gasteiger partial charge >= 0.3 is 0 Å². The largest absolute Gasteiger partial charge is 0.504 e. The van der Waals surface area contributed by atoms with E-state index in [9.17, 15) is 15.0 Å². The molecule has 1 fully saturated rings. The number of hydrogen-bond acceptors (Lipinski definition) is 4. The van der Waals surface area contributed by atoms with Crippen molar-refractivity contribution >= 4 is 11.6 Å². The van der Waals surface area contributed by atoms with Crippen LogP contribution < -0.4 is 9.64 Å². The van der Waals surface area contributed by atoms with Crippen molar-refractivity contribution < 1.29 is 19.7 Å². The van der Waals surface area contributed by atoms with Gasteiger partial charge in [-0.05, 0) is 12.1 Å². The summed E-state index contributed by atoms with van der Waals surface area (Å²) in [5.74, 6) is 0.213. The van der Waals surface area contributed by atoms with Crippen molar-refractivity contribution in [2.24, 2.45) is 0 Å². The zero-order valence-electron chi connectivity index (χ0n) is 8.88. The third-order valence-electron chi connectivity index (χ3n) is 2.58. The topological polar surface area (TPSA) is 70.0 Å². The fourth-order valence-corrected chi connectivity index (χ4v) is 1.77. The second-order valence-corrected chi connectivity index (χ2v) is 3.72. The van der Waals surface area contributed by atoms with Gasteiger partial charge in [0.1, 0.15) is 0 Å². The average molecular weight is 223 g/mol. The van der Waals surface area contributed by atoms with Gasteiger partial charge in [-0.25, -0.2) is 0 Å². The molecule has 0 aliphatic carbocycles. The van der Waals surface area contributed by atoms with Crippen molar-refractivity contribution in [3.8, 4) is 11.5 Å². The number of aromatic hydroxyl groups is 1. The maximum atomic E-state index is 11.5. The summed E-state index contributed by atoms with van der Waals surface area (Å²) in [6, 6.07) is 4.66. The van der Waals surface area contributed by atoms with Crippen LogP contribution in [0.25, 0.3) is 0 Å². The van der Waals surface area contributed by atoms with Crippen LogP contribution in [0.15, 0.2) is 18.2 Å². The van der Waals surface area contributed by atoms with Crippen molar-refractivity contribution in [2.75, 3.05) is 18.6 Å². The molecule has 86 valence electrons. The number of carbonyl (C=O) groups excluding carboxylic acids is 1. The number of anilines is 1. The summed E-state index contributed by atoms with van der Waals surface area (Å²) in [6.07, 6.45) is -0.476. The van der Waals surface area contributed by atoms with Crippen LogP contribution in [-0.2, 0) is 4.79 Å². The van der Waals surface area contributed by atoms with Crippen LogP contribution in [0, 0.1) is 0 Å². The minimum absolute atomic E-state index is 0.0263. The van der Waals surface area contributed by atoms with Crippen LogP contribution >= 0.6 is 0 Å². The van der Waals surface area contributed by atoms with Gasteiger partial charge in [0, 0.05) is 11.8 Å². The summed E-state index contributed by atoms with van der Waals surface area (Å²) < 4.78 is 4.96. The highest BCUT2D eigenvalue weighted by Gasteiger charge is 2.29. The van der Waals surface area contributed by atoms with E-state index in [1.807, 2.05) is 0 Å². The number of phenols is 1. The molecule has 0 radical (unpaired) electrons. The Labute approximate surface area is 92.9 Å². The first-order chi connectivity index (χ1) is 7.61. The van der Waals surface area contributed by atoms with E-state index in [1.165, 1.54) is 18.1 Å². The second kappa shape index (κ2) is 4.02. The van der Waals surface area contributed by atoms with Crippen molar-refractivity contribution in [3.63, 3.8) is 0 Å². The molecular weight excluding hydrogens is 210 g/mol. The molecule has 0 spiro atoms. The van der Waals surface area contributed by atoms with Crippen molar-refractivity contribution in [3.05, 3.63) is 18.2 Å². The zero-order chi connectivity index (χ0) is 11.7. The average Bonchev–Trinajstić information content (AvgIpc) is 2.59. The molecule has 0 bridgehead atoms. The molecule has 1 aliphatic heterocycles. The van der Waals surface area contributed by atoms with E-state index in [4.69, 9.17) is 4.74 Å². The van der Waals surface area contributed by atoms with Crippen molar-refractivity contribution in [1.29, 1.82) is 0 Å². The summed E-state index contributed by atoms with van der Waals surface area (Å²) in [5.41, 5.74) is 0.621. The minimum Gasteiger partial charge on any atom is -0.504 e. The quantitative estimate of drug-likeness (QED) is 0.766. The van der Waals surface area contributed by atoms with Crippen LogP contribution in [0.3, 0.4) is 0 Å². The Morgan fingerprint density at radius 1 is 1.50 bits per heavy atom. The molecule has 16 heavy (non-hydrogen) atoms. The van der Waals surface area contributed by atoms with E-state index in [0.29, 0.717) is 11.4 Å². The number of benzene rings is 1. The van der Waals surface area contributed by atoms with Gasteiger partial charge in [-0.15, -0.1) is 0 Å². The van der Waals surface area contributed by atoms with Gasteiger partial charge in [-0.1, -0.05) is 0 Å². The number of phenolic OH excluding ortho intramolecular Hbond substituents is 1. The molecule has 2 rings (SSSR count). The predicted molar refractivity (Wildman–Crippen MR) is 57.6 cm³/mol. The molecule has 0 aromatic heterocycles. The van der Waals surface area contributed by atoms with Crippen LogP contribution in [0.2, 0.25) is 0 Å². The maximum absolute atomic E-state index is 11.5. The smallest absolute Gasteiger partial charge is 0.229 e. The van der Waals surface area contributed by atoms with Crippen LogP contribution in [0.4, 0.5) is 5.69 Å². The summed E-state index contributed by atoms with van der Waals surface area (Å²) in [7, 11) is 1.44. The highest BCUT2D eigenvalue weighted by Crippen LogP contribution is 2.32. The number of methoxy groups -OCH3 is 1. The molecule has 1 aliphatic rings. The van der Waals surface area contributed by atoms with Gasteiger partial charge in [-0.3, -0.25) is 4.79 Å². The lowest BCUT2D eigenvalue weighted by molar-refractivity contribution is -0.117. The molecule has 1 atom stereocenters. The Balaban J connectivity index is 2.30. The molecule has 1 saturated heterocycles. The van der Waals surface area contributed by atoms with Crippen LogP contribution in [0.1, 0.15) is 6.42 Å². The lowest BCUT2D eigenvalue weighted by Gasteiger charge is -2.16. The van der Waals surface area contributed by atoms with Crippen LogP contribution in [-0.4, -0.2) is 35.9 Å². The number of carbonyl (C=O) groups is 1. The van der Waals surface area contributed by atoms with Crippen molar-refractivity contribution in [1.82, 2.24) is 0 Å². The molecule has 5 nitrogen and oxygen atoms in total. The first kappa shape index (κ1) is 10.8. The minimum atomic E-state index is -0.618. The first-order valence-electron chi connectivity index (χ1n) is 4.97. The standard InChI is InChI=1S/C11H13NO4/c1-16-10-4-7(2-3-9(10)14)12-6-8(13)5-11(12)15/h2-4,8,13-14H,5-6H2,1H3. The Morgan fingerprint density at radius 2 is 2.25 bits per heavy atom. The Kier molecular flexibility index (Phi) is 2.70. The highest BCUT2D eigenvalue weighted by atomic mass is 16.5. The SMILES string of the molecule is COc1cc(N2CC(O)CC2=O)ccc1O. The number of ether oxygens (including phenoxy) is 1. The number of β-amino-alcohol motifs (C(OH)–C–C–N with tert-alkyl or cyclic N) is 1. The molecule has 1 unspecified atom stereocenters. The zero-order valence-corrected chi connectivity index (χ0v) is 8.88. The second-order valence-electron chi connectivity index (χ2n) is 3.72. The van der Waals surface area contributed by atoms with E-state index in [1.54, 1.807) is 12.1 Å². The first-order valence-corrected chi connectivity index (χ1v) is 4.97. The van der Waals surface area contributed by atoms with Crippen LogP contribution in [0.5, 0.6) is 11.5 Å². The van der Waals surface area contributed by atoms with E-state index in [-0.39, 0.29) is 24.6 Å². The van der Waals surface area contributed by atoms with Gasteiger partial charge in [0.15, 0.2) is 11.5 Å². The number of hydrogen-bond donors (Lipinski definition) is 2. The summed E-state index contributed by atoms with van der Waals surface area (Å²) in [5, 5.41) is 18.8. The molecule has 1 aromatic rings. The number of rotatable bonds is 2. The van der Waals surface area contributed by atoms with Gasteiger partial charge in [-0.2, -0.15) is 0 Å². The predicted octanol–water partition coefficient (Wildman–Crippen LogP) is 0.498. The van der Waals surface area contributed by atoms with E-state index in [0.717, 1.165) is 0 Å². The van der Waals surface area contributed by atoms with Gasteiger partial charge in [0.05, 0.1) is 26.2 Å². The lowest BCUT2D eigenvalue weighted by Crippen LogP contribution is -2.25. The van der Waals surface area contributed by atoms with E-state index >= 15 is 0 Å². The summed E-state index contributed by atoms with van der Waals surface area (Å²) in [4.78, 5) is 13.0. The van der Waals surface area contributed by atoms with E-state index in [2.05, 4.69) is 0 Å². The maximum Gasteiger partial charge on any atom is 0.229 e. The molecule has 1 heterocycles. The highest BCUT2D eigenvalue weighted by molar-refractivity contribution is 5.96. The third-order valence-corrected chi connectivity index (χ3v) is 2.58. The molecule has 2 N–H and O–H groups in total. The monoisotopic (exact) mass is 223 g/mol. The van der Waals surface area contributed by atoms with Gasteiger partial charge in [0.25, 0.3) is 0 Å². The Morgan fingerprint density at radius 3 is 2.81 bits per heavy atom. The van der Waals surface area contributed by atoms with E-state index < -0.39 is 6.10 Å².